The average Bonchev–Trinajstić information content (AvgIpc) is 2.94. The minimum absolute atomic E-state index is 0.0127. The lowest BCUT2D eigenvalue weighted by Crippen LogP contribution is -2.25. The van der Waals surface area contributed by atoms with Gasteiger partial charge in [0.2, 0.25) is 5.91 Å². The number of aromatic amines is 1. The van der Waals surface area contributed by atoms with Gasteiger partial charge in [-0.1, -0.05) is 30.3 Å². The highest BCUT2D eigenvalue weighted by atomic mass is 19.4. The second-order valence-electron chi connectivity index (χ2n) is 8.67. The quantitative estimate of drug-likeness (QED) is 0.271. The highest BCUT2D eigenvalue weighted by Crippen LogP contribution is 2.32. The number of amides is 1. The van der Waals surface area contributed by atoms with Crippen molar-refractivity contribution >= 4 is 5.91 Å². The minimum Gasteiger partial charge on any atom is -0.493 e. The summed E-state index contributed by atoms with van der Waals surface area (Å²) in [6.07, 6.45) is -4.61. The Morgan fingerprint density at radius 3 is 2.52 bits per heavy atom. The zero-order chi connectivity index (χ0) is 28.7. The van der Waals surface area contributed by atoms with E-state index in [1.807, 2.05) is 0 Å². The maximum absolute atomic E-state index is 13.9. The lowest BCUT2D eigenvalue weighted by atomic mass is 10.1. The van der Waals surface area contributed by atoms with Crippen LogP contribution in [0.25, 0.3) is 11.4 Å². The van der Waals surface area contributed by atoms with E-state index in [0.717, 1.165) is 12.1 Å². The van der Waals surface area contributed by atoms with Crippen LogP contribution in [0.15, 0.2) is 71.5 Å². The summed E-state index contributed by atoms with van der Waals surface area (Å²) >= 11 is 0. The zero-order valence-electron chi connectivity index (χ0n) is 21.2. The summed E-state index contributed by atoms with van der Waals surface area (Å²) in [6, 6.07) is 15.7. The first kappa shape index (κ1) is 28.3. The van der Waals surface area contributed by atoms with E-state index in [1.54, 1.807) is 36.4 Å². The van der Waals surface area contributed by atoms with E-state index in [4.69, 9.17) is 9.47 Å². The number of alkyl halides is 3. The van der Waals surface area contributed by atoms with Gasteiger partial charge in [-0.05, 0) is 42.0 Å². The molecule has 0 saturated heterocycles. The largest absolute Gasteiger partial charge is 0.493 e. The van der Waals surface area contributed by atoms with Crippen LogP contribution >= 0.6 is 0 Å². The molecule has 0 fully saturated rings. The molecule has 0 aliphatic rings. The monoisotopic (exact) mass is 556 g/mol. The van der Waals surface area contributed by atoms with Crippen molar-refractivity contribution in [3.63, 3.8) is 0 Å². The van der Waals surface area contributed by atoms with Crippen molar-refractivity contribution in [2.75, 3.05) is 7.11 Å². The van der Waals surface area contributed by atoms with Crippen LogP contribution in [0.3, 0.4) is 0 Å². The predicted octanol–water partition coefficient (Wildman–Crippen LogP) is 4.83. The van der Waals surface area contributed by atoms with Crippen molar-refractivity contribution in [3.8, 4) is 22.9 Å². The van der Waals surface area contributed by atoms with Gasteiger partial charge in [-0.25, -0.2) is 4.39 Å². The van der Waals surface area contributed by atoms with Crippen LogP contribution in [0, 0.1) is 5.82 Å². The number of carbonyl (C=O) groups excluding carboxylic acids is 1. The molecular formula is C28H24F4N4O4. The molecule has 4 rings (SSSR count). The number of hydrogen-bond acceptors (Lipinski definition) is 6. The van der Waals surface area contributed by atoms with Crippen LogP contribution in [0.4, 0.5) is 17.6 Å². The normalized spacial score (nSPS) is 11.2. The van der Waals surface area contributed by atoms with Crippen LogP contribution in [0.2, 0.25) is 0 Å². The Balaban J connectivity index is 1.35. The first-order valence-corrected chi connectivity index (χ1v) is 12.1. The molecule has 0 radical (unpaired) electrons. The number of carbonyl (C=O) groups is 1. The molecule has 2 N–H and O–H groups in total. The molecule has 8 nitrogen and oxygen atoms in total. The maximum Gasteiger partial charge on any atom is 0.416 e. The van der Waals surface area contributed by atoms with Gasteiger partial charge in [0, 0.05) is 30.5 Å². The number of methoxy groups -OCH3 is 1. The van der Waals surface area contributed by atoms with Gasteiger partial charge in [0.05, 0.1) is 12.7 Å². The molecule has 0 unspecified atom stereocenters. The number of H-pyrrole nitrogens is 1. The lowest BCUT2D eigenvalue weighted by Gasteiger charge is -2.12. The van der Waals surface area contributed by atoms with Gasteiger partial charge in [-0.3, -0.25) is 9.59 Å². The Morgan fingerprint density at radius 2 is 1.80 bits per heavy atom. The van der Waals surface area contributed by atoms with E-state index in [2.05, 4.69) is 20.5 Å². The van der Waals surface area contributed by atoms with Crippen LogP contribution < -0.4 is 20.3 Å². The van der Waals surface area contributed by atoms with Crippen LogP contribution in [-0.4, -0.2) is 28.2 Å². The Morgan fingerprint density at radius 1 is 1.00 bits per heavy atom. The molecule has 0 atom stereocenters. The van der Waals surface area contributed by atoms with Crippen molar-refractivity contribution in [2.24, 2.45) is 0 Å². The third kappa shape index (κ3) is 7.22. The number of hydrogen-bond donors (Lipinski definition) is 2. The first-order chi connectivity index (χ1) is 19.1. The molecule has 1 heterocycles. The third-order valence-electron chi connectivity index (χ3n) is 5.88. The summed E-state index contributed by atoms with van der Waals surface area (Å²) in [7, 11) is 1.44. The third-order valence-corrected chi connectivity index (χ3v) is 5.88. The average molecular weight is 557 g/mol. The number of halogens is 4. The van der Waals surface area contributed by atoms with Gasteiger partial charge < -0.3 is 19.8 Å². The molecule has 0 spiro atoms. The second kappa shape index (κ2) is 12.4. The summed E-state index contributed by atoms with van der Waals surface area (Å²) in [5.74, 6) is -0.00472. The van der Waals surface area contributed by atoms with Crippen LogP contribution in [-0.2, 0) is 30.5 Å². The summed E-state index contributed by atoms with van der Waals surface area (Å²) in [5, 5.41) is 10.5. The summed E-state index contributed by atoms with van der Waals surface area (Å²) in [4.78, 5) is 27.4. The Kier molecular flexibility index (Phi) is 8.77. The van der Waals surface area contributed by atoms with Crippen LogP contribution in [0.5, 0.6) is 11.5 Å². The van der Waals surface area contributed by atoms with E-state index < -0.39 is 23.2 Å². The van der Waals surface area contributed by atoms with Gasteiger partial charge in [0.1, 0.15) is 18.1 Å². The van der Waals surface area contributed by atoms with Gasteiger partial charge in [0.15, 0.2) is 17.3 Å². The van der Waals surface area contributed by atoms with Crippen molar-refractivity contribution in [1.29, 1.82) is 0 Å². The molecule has 0 aliphatic carbocycles. The van der Waals surface area contributed by atoms with Gasteiger partial charge in [-0.2, -0.15) is 13.2 Å². The fourth-order valence-electron chi connectivity index (χ4n) is 3.74. The number of nitrogens with zero attached hydrogens (tertiary/aromatic N) is 2. The number of nitrogens with one attached hydrogen (secondary N) is 2. The summed E-state index contributed by atoms with van der Waals surface area (Å²) in [5.41, 5.74) is -0.175. The van der Waals surface area contributed by atoms with Crippen molar-refractivity contribution in [2.45, 2.75) is 32.2 Å². The fourth-order valence-corrected chi connectivity index (χ4v) is 3.74. The van der Waals surface area contributed by atoms with Gasteiger partial charge >= 0.3 is 6.18 Å². The van der Waals surface area contributed by atoms with Crippen molar-refractivity contribution < 1.29 is 31.8 Å². The van der Waals surface area contributed by atoms with E-state index in [9.17, 15) is 27.2 Å². The molecule has 1 aromatic heterocycles. The van der Waals surface area contributed by atoms with Gasteiger partial charge in [-0.15, -0.1) is 10.2 Å². The Hall–Kier alpha value is -4.74. The fraction of sp³-hybridized carbons (Fsp3) is 0.214. The smallest absolute Gasteiger partial charge is 0.416 e. The topological polar surface area (TPSA) is 106 Å². The predicted molar refractivity (Wildman–Crippen MR) is 137 cm³/mol. The molecule has 208 valence electrons. The van der Waals surface area contributed by atoms with Crippen molar-refractivity contribution in [3.05, 3.63) is 105 Å². The van der Waals surface area contributed by atoms with Gasteiger partial charge in [0.25, 0.3) is 5.56 Å². The van der Waals surface area contributed by atoms with E-state index in [1.165, 1.54) is 25.3 Å². The minimum atomic E-state index is -4.48. The SMILES string of the molecule is COc1cc(-c2nnc(CCC(=O)NCc3cccc(C(F)(F)F)c3)c(=O)[nH]2)ccc1OCc1ccccc1F. The lowest BCUT2D eigenvalue weighted by molar-refractivity contribution is -0.137. The summed E-state index contributed by atoms with van der Waals surface area (Å²) < 4.78 is 63.5. The molecule has 3 aromatic carbocycles. The first-order valence-electron chi connectivity index (χ1n) is 12.1. The number of benzene rings is 3. The number of ether oxygens (including phenoxy) is 2. The Labute approximate surface area is 226 Å². The highest BCUT2D eigenvalue weighted by molar-refractivity contribution is 5.76. The second-order valence-corrected chi connectivity index (χ2v) is 8.67. The number of aryl methyl sites for hydroxylation is 1. The standard InChI is InChI=1S/C28H24F4N4O4/c1-39-24-14-18(9-11-23(24)40-16-19-6-2-3-8-21(19)29)26-34-27(38)22(35-36-26)10-12-25(37)33-15-17-5-4-7-20(13-17)28(30,31)32/h2-9,11,13-14H,10,12,15-16H2,1H3,(H,33,37)(H,34,36,38). The Bertz CT molecular complexity index is 1560. The van der Waals surface area contributed by atoms with E-state index in [-0.39, 0.29) is 43.3 Å². The molecule has 0 saturated carbocycles. The van der Waals surface area contributed by atoms with Crippen LogP contribution in [0.1, 0.15) is 28.8 Å². The van der Waals surface area contributed by atoms with E-state index in [0.29, 0.717) is 28.2 Å². The zero-order valence-corrected chi connectivity index (χ0v) is 21.2. The highest BCUT2D eigenvalue weighted by Gasteiger charge is 2.30. The van der Waals surface area contributed by atoms with Crippen molar-refractivity contribution in [1.82, 2.24) is 20.5 Å². The molecule has 0 aliphatic heterocycles. The maximum atomic E-state index is 13.9. The van der Waals surface area contributed by atoms with E-state index >= 15 is 0 Å². The molecular weight excluding hydrogens is 532 g/mol. The molecule has 40 heavy (non-hydrogen) atoms. The number of rotatable bonds is 10. The molecule has 4 aromatic rings. The molecule has 0 bridgehead atoms. The molecule has 12 heteroatoms. The molecule has 1 amide bonds. The number of aromatic nitrogens is 3. The summed E-state index contributed by atoms with van der Waals surface area (Å²) in [6.45, 7) is -0.104.